The molecule has 1 aliphatic rings. The molecule has 0 aromatic heterocycles. The molecule has 2 unspecified atom stereocenters. The lowest BCUT2D eigenvalue weighted by Gasteiger charge is -2.20. The first-order valence-corrected chi connectivity index (χ1v) is 16.1. The van der Waals surface area contributed by atoms with E-state index in [0.717, 1.165) is 49.1 Å². The Morgan fingerprint density at radius 1 is 1.00 bits per heavy atom. The Kier molecular flexibility index (Phi) is 12.3. The largest absolute Gasteiger partial charge is 0.351 e. The fraction of sp³-hybridized carbons (Fsp3) is 0.262. The zero-order valence-corrected chi connectivity index (χ0v) is 27.5. The molecule has 3 aromatic carbocycles. The topological polar surface area (TPSA) is 50.4 Å². The number of hydrogen-bond acceptors (Lipinski definition) is 2. The zero-order valence-electron chi connectivity index (χ0n) is 27.5. The number of allylic oxidation sites excluding steroid dienone is 13. The van der Waals surface area contributed by atoms with Gasteiger partial charge in [0.05, 0.1) is 0 Å². The number of hydrogen-bond donors (Lipinski definition) is 2. The normalized spacial score (nSPS) is 17.2. The highest BCUT2D eigenvalue weighted by Crippen LogP contribution is 2.34. The van der Waals surface area contributed by atoms with Crippen LogP contribution in [0.3, 0.4) is 0 Å². The molecule has 0 radical (unpaired) electrons. The summed E-state index contributed by atoms with van der Waals surface area (Å²) in [6.07, 6.45) is 27.9. The number of rotatable bonds is 12. The van der Waals surface area contributed by atoms with E-state index in [1.807, 2.05) is 25.3 Å². The van der Waals surface area contributed by atoms with Gasteiger partial charge in [-0.3, -0.25) is 4.99 Å². The Labute approximate surface area is 270 Å². The van der Waals surface area contributed by atoms with Gasteiger partial charge in [0.2, 0.25) is 0 Å². The zero-order chi connectivity index (χ0) is 32.2. The first kappa shape index (κ1) is 33.4. The second-order valence-corrected chi connectivity index (χ2v) is 11.7. The van der Waals surface area contributed by atoms with Crippen molar-refractivity contribution < 1.29 is 0 Å². The van der Waals surface area contributed by atoms with E-state index in [2.05, 4.69) is 135 Å². The predicted molar refractivity (Wildman–Crippen MR) is 199 cm³/mol. The van der Waals surface area contributed by atoms with Gasteiger partial charge in [-0.25, -0.2) is 0 Å². The summed E-state index contributed by atoms with van der Waals surface area (Å²) in [4.78, 5) is 4.60. The van der Waals surface area contributed by atoms with Crippen molar-refractivity contribution in [1.29, 1.82) is 0 Å². The van der Waals surface area contributed by atoms with Gasteiger partial charge in [-0.2, -0.15) is 0 Å². The van der Waals surface area contributed by atoms with Crippen molar-refractivity contribution in [3.05, 3.63) is 156 Å². The van der Waals surface area contributed by atoms with E-state index >= 15 is 0 Å². The SMILES string of the molecule is C=C/C=C\Cc1c(C)c2ccccc2c2cc(C(N)NC(=NC)/C(=C/C=C\CC3=CCCC(/C(C)=C/C=C)C=C3)CC)ccc12. The van der Waals surface area contributed by atoms with Gasteiger partial charge in [0, 0.05) is 7.05 Å². The molecule has 0 heterocycles. The van der Waals surface area contributed by atoms with Crippen LogP contribution in [0.15, 0.2) is 144 Å². The lowest BCUT2D eigenvalue weighted by molar-refractivity contribution is 0.679. The molecule has 4 rings (SSSR count). The summed E-state index contributed by atoms with van der Waals surface area (Å²) in [5.74, 6) is 1.30. The molecule has 1 aliphatic carbocycles. The summed E-state index contributed by atoms with van der Waals surface area (Å²) >= 11 is 0. The maximum atomic E-state index is 6.80. The third-order valence-electron chi connectivity index (χ3n) is 8.78. The summed E-state index contributed by atoms with van der Waals surface area (Å²) in [6.45, 7) is 14.2. The Morgan fingerprint density at radius 2 is 1.78 bits per heavy atom. The summed E-state index contributed by atoms with van der Waals surface area (Å²) < 4.78 is 0. The number of nitrogens with two attached hydrogens (primary N) is 1. The number of amidine groups is 1. The highest BCUT2D eigenvalue weighted by atomic mass is 15.1. The minimum atomic E-state index is -0.399. The number of benzene rings is 3. The van der Waals surface area contributed by atoms with Gasteiger partial charge in [0.15, 0.2) is 0 Å². The fourth-order valence-corrected chi connectivity index (χ4v) is 6.17. The van der Waals surface area contributed by atoms with Gasteiger partial charge in [-0.1, -0.05) is 129 Å². The van der Waals surface area contributed by atoms with Crippen LogP contribution in [0.5, 0.6) is 0 Å². The molecule has 2 atom stereocenters. The van der Waals surface area contributed by atoms with Gasteiger partial charge in [-0.15, -0.1) is 0 Å². The molecular formula is C42H49N3. The van der Waals surface area contributed by atoms with Gasteiger partial charge in [0.25, 0.3) is 0 Å². The van der Waals surface area contributed by atoms with Crippen LogP contribution in [0.1, 0.15) is 62.4 Å². The van der Waals surface area contributed by atoms with Gasteiger partial charge in [0.1, 0.15) is 12.0 Å². The molecule has 0 spiro atoms. The predicted octanol–water partition coefficient (Wildman–Crippen LogP) is 10.5. The molecule has 0 saturated carbocycles. The second-order valence-electron chi connectivity index (χ2n) is 11.7. The van der Waals surface area contributed by atoms with Crippen LogP contribution in [-0.2, 0) is 6.42 Å². The quantitative estimate of drug-likeness (QED) is 0.0719. The summed E-state index contributed by atoms with van der Waals surface area (Å²) in [6, 6.07) is 15.3. The maximum Gasteiger partial charge on any atom is 0.125 e. The Balaban J connectivity index is 1.52. The van der Waals surface area contributed by atoms with Crippen molar-refractivity contribution in [2.45, 2.75) is 59.0 Å². The summed E-state index contributed by atoms with van der Waals surface area (Å²) in [5, 5.41) is 8.51. The highest BCUT2D eigenvalue weighted by Gasteiger charge is 2.15. The Morgan fingerprint density at radius 3 is 2.51 bits per heavy atom. The van der Waals surface area contributed by atoms with Crippen LogP contribution in [-0.4, -0.2) is 12.9 Å². The molecule has 3 N–H and O–H groups in total. The molecule has 3 heteroatoms. The van der Waals surface area contributed by atoms with E-state index < -0.39 is 6.17 Å². The van der Waals surface area contributed by atoms with Crippen LogP contribution in [0.4, 0.5) is 0 Å². The lowest BCUT2D eigenvalue weighted by atomic mass is 9.89. The van der Waals surface area contributed by atoms with Crippen molar-refractivity contribution in [1.82, 2.24) is 5.32 Å². The molecule has 0 amide bonds. The highest BCUT2D eigenvalue weighted by molar-refractivity contribution is 6.11. The van der Waals surface area contributed by atoms with Crippen molar-refractivity contribution in [3.63, 3.8) is 0 Å². The number of nitrogens with one attached hydrogen (secondary N) is 1. The number of fused-ring (bicyclic) bond motifs is 3. The average molecular weight is 596 g/mol. The smallest absolute Gasteiger partial charge is 0.125 e. The Bertz CT molecular complexity index is 1740. The van der Waals surface area contributed by atoms with Crippen LogP contribution in [0.2, 0.25) is 0 Å². The van der Waals surface area contributed by atoms with Gasteiger partial charge >= 0.3 is 0 Å². The molecular weight excluding hydrogens is 546 g/mol. The second kappa shape index (κ2) is 16.6. The number of aliphatic imine (C=N–C) groups is 1. The van der Waals surface area contributed by atoms with Crippen molar-refractivity contribution in [2.75, 3.05) is 7.05 Å². The fourth-order valence-electron chi connectivity index (χ4n) is 6.17. The number of aryl methyl sites for hydroxylation is 1. The third-order valence-corrected chi connectivity index (χ3v) is 8.78. The average Bonchev–Trinajstić information content (AvgIpc) is 3.31. The van der Waals surface area contributed by atoms with E-state index in [4.69, 9.17) is 5.73 Å². The summed E-state index contributed by atoms with van der Waals surface area (Å²) in [5.41, 5.74) is 14.3. The van der Waals surface area contributed by atoms with E-state index in [-0.39, 0.29) is 0 Å². The molecule has 3 aromatic rings. The van der Waals surface area contributed by atoms with Crippen LogP contribution < -0.4 is 11.1 Å². The van der Waals surface area contributed by atoms with E-state index in [1.165, 1.54) is 43.8 Å². The van der Waals surface area contributed by atoms with E-state index in [0.29, 0.717) is 5.92 Å². The monoisotopic (exact) mass is 595 g/mol. The molecule has 0 saturated heterocycles. The molecule has 232 valence electrons. The van der Waals surface area contributed by atoms with Crippen molar-refractivity contribution >= 4 is 27.4 Å². The number of nitrogens with zero attached hydrogens (tertiary/aromatic N) is 1. The summed E-state index contributed by atoms with van der Waals surface area (Å²) in [7, 11) is 1.82. The van der Waals surface area contributed by atoms with Crippen LogP contribution in [0.25, 0.3) is 21.5 Å². The van der Waals surface area contributed by atoms with Gasteiger partial charge in [-0.05, 0) is 107 Å². The standard InChI is InChI=1S/C42H49N3/c1-7-10-11-22-37-31(5)36-23-14-15-24-38(36)40-29-35(27-28-39(37)40)41(43)45-42(44-6)33(9-3)20-13-12-18-32-19-16-21-34(26-25-32)30(4)17-8-2/h7-8,10-15,17,19-20,23-29,34,41H,1-2,9,16,18,21-22,43H2,3-6H3,(H,44,45)/b11-10-,13-12-,30-17+,33-20+. The molecule has 0 aliphatic heterocycles. The van der Waals surface area contributed by atoms with E-state index in [9.17, 15) is 0 Å². The molecule has 3 nitrogen and oxygen atoms in total. The third kappa shape index (κ3) is 8.38. The first-order chi connectivity index (χ1) is 21.9. The molecule has 0 bridgehead atoms. The minimum absolute atomic E-state index is 0.399. The van der Waals surface area contributed by atoms with Crippen LogP contribution >= 0.6 is 0 Å². The van der Waals surface area contributed by atoms with Crippen molar-refractivity contribution in [2.24, 2.45) is 16.6 Å². The van der Waals surface area contributed by atoms with E-state index in [1.54, 1.807) is 0 Å². The minimum Gasteiger partial charge on any atom is -0.351 e. The molecule has 45 heavy (non-hydrogen) atoms. The Hall–Kier alpha value is -4.47. The maximum absolute atomic E-state index is 6.80. The first-order valence-electron chi connectivity index (χ1n) is 16.1. The molecule has 0 fully saturated rings. The van der Waals surface area contributed by atoms with Crippen molar-refractivity contribution in [3.8, 4) is 0 Å². The van der Waals surface area contributed by atoms with Gasteiger partial charge < -0.3 is 11.1 Å². The van der Waals surface area contributed by atoms with Crippen LogP contribution in [0, 0.1) is 12.8 Å². The lowest BCUT2D eigenvalue weighted by Crippen LogP contribution is -2.35.